The molecule has 5 heteroatoms. The first-order valence-corrected chi connectivity index (χ1v) is 8.10. The van der Waals surface area contributed by atoms with Crippen molar-refractivity contribution in [1.82, 2.24) is 0 Å². The van der Waals surface area contributed by atoms with Gasteiger partial charge < -0.3 is 14.6 Å². The lowest BCUT2D eigenvalue weighted by Gasteiger charge is -2.16. The monoisotopic (exact) mass is 354 g/mol. The average molecular weight is 355 g/mol. The van der Waals surface area contributed by atoms with E-state index >= 15 is 0 Å². The van der Waals surface area contributed by atoms with Crippen molar-refractivity contribution in [2.24, 2.45) is 5.92 Å². The van der Waals surface area contributed by atoms with E-state index in [0.29, 0.717) is 6.42 Å². The molecule has 1 N–H and O–H groups in total. The molecule has 0 spiro atoms. The van der Waals surface area contributed by atoms with Crippen LogP contribution in [0.4, 0.5) is 0 Å². The fourth-order valence-electron chi connectivity index (χ4n) is 3.16. The van der Waals surface area contributed by atoms with E-state index in [2.05, 4.69) is 15.9 Å². The molecule has 0 aromatic heterocycles. The smallest absolute Gasteiger partial charge is 0.306 e. The second kappa shape index (κ2) is 5.20. The summed E-state index contributed by atoms with van der Waals surface area (Å²) in [5.41, 5.74) is 3.24. The van der Waals surface area contributed by atoms with Gasteiger partial charge in [-0.3, -0.25) is 4.79 Å². The molecule has 2 aliphatic heterocycles. The number of benzene rings is 1. The lowest BCUT2D eigenvalue weighted by Crippen LogP contribution is -2.14. The normalized spacial score (nSPS) is 24.0. The van der Waals surface area contributed by atoms with E-state index in [9.17, 15) is 9.90 Å². The summed E-state index contributed by atoms with van der Waals surface area (Å²) in [6.45, 7) is 5.80. The van der Waals surface area contributed by atoms with Crippen molar-refractivity contribution in [3.8, 4) is 11.5 Å². The van der Waals surface area contributed by atoms with Gasteiger partial charge in [0.25, 0.3) is 0 Å². The van der Waals surface area contributed by atoms with E-state index in [0.717, 1.165) is 45.5 Å². The third-order valence-electron chi connectivity index (χ3n) is 4.20. The standard InChI is InChI=1S/C16H19BrO4/c1-7(16(18)19)4-10-11-5-8(2)21-15(11)13(17)12-6-9(3)20-14(10)12/h7-9H,4-6H2,1-3H3,(H,18,19). The number of carbonyl (C=O) groups is 1. The van der Waals surface area contributed by atoms with Crippen LogP contribution >= 0.6 is 15.9 Å². The predicted molar refractivity (Wildman–Crippen MR) is 82.2 cm³/mol. The molecular weight excluding hydrogens is 336 g/mol. The Labute approximate surface area is 132 Å². The number of ether oxygens (including phenoxy) is 2. The summed E-state index contributed by atoms with van der Waals surface area (Å²) in [4.78, 5) is 11.2. The number of carboxylic acids is 1. The summed E-state index contributed by atoms with van der Waals surface area (Å²) in [6.07, 6.45) is 2.36. The molecule has 2 heterocycles. The minimum absolute atomic E-state index is 0.120. The van der Waals surface area contributed by atoms with E-state index in [1.165, 1.54) is 0 Å². The number of halogens is 1. The van der Waals surface area contributed by atoms with Crippen LogP contribution in [0.15, 0.2) is 4.47 Å². The number of fused-ring (bicyclic) bond motifs is 2. The molecule has 21 heavy (non-hydrogen) atoms. The predicted octanol–water partition coefficient (Wildman–Crippen LogP) is 3.36. The molecule has 0 amide bonds. The Morgan fingerprint density at radius 2 is 1.81 bits per heavy atom. The van der Waals surface area contributed by atoms with Crippen LogP contribution < -0.4 is 9.47 Å². The number of hydrogen-bond donors (Lipinski definition) is 1. The van der Waals surface area contributed by atoms with Crippen molar-refractivity contribution in [3.63, 3.8) is 0 Å². The highest BCUT2D eigenvalue weighted by molar-refractivity contribution is 9.10. The zero-order valence-electron chi connectivity index (χ0n) is 12.4. The fraction of sp³-hybridized carbons (Fsp3) is 0.562. The lowest BCUT2D eigenvalue weighted by molar-refractivity contribution is -0.141. The number of aliphatic carboxylic acids is 1. The van der Waals surface area contributed by atoms with E-state index in [1.807, 2.05) is 13.8 Å². The van der Waals surface area contributed by atoms with E-state index < -0.39 is 11.9 Å². The molecule has 114 valence electrons. The van der Waals surface area contributed by atoms with Gasteiger partial charge in [0, 0.05) is 29.5 Å². The van der Waals surface area contributed by atoms with Gasteiger partial charge in [0.1, 0.15) is 23.7 Å². The minimum Gasteiger partial charge on any atom is -0.490 e. The molecule has 0 saturated carbocycles. The maximum Gasteiger partial charge on any atom is 0.306 e. The summed E-state index contributed by atoms with van der Waals surface area (Å²) in [7, 11) is 0. The highest BCUT2D eigenvalue weighted by Gasteiger charge is 2.35. The van der Waals surface area contributed by atoms with Crippen molar-refractivity contribution in [3.05, 3.63) is 21.2 Å². The molecule has 3 atom stereocenters. The molecule has 1 aromatic rings. The number of hydrogen-bond acceptors (Lipinski definition) is 3. The van der Waals surface area contributed by atoms with Crippen LogP contribution in [0, 0.1) is 5.92 Å². The van der Waals surface area contributed by atoms with Crippen molar-refractivity contribution in [2.45, 2.75) is 52.2 Å². The van der Waals surface area contributed by atoms with Crippen LogP contribution in [0.5, 0.6) is 11.5 Å². The van der Waals surface area contributed by atoms with Gasteiger partial charge in [0.05, 0.1) is 10.4 Å². The molecule has 0 aliphatic carbocycles. The van der Waals surface area contributed by atoms with Crippen LogP contribution in [0.2, 0.25) is 0 Å². The first kappa shape index (κ1) is 14.7. The van der Waals surface area contributed by atoms with Gasteiger partial charge in [-0.25, -0.2) is 0 Å². The fourth-order valence-corrected chi connectivity index (χ4v) is 3.83. The van der Waals surface area contributed by atoms with Gasteiger partial charge >= 0.3 is 5.97 Å². The zero-order valence-corrected chi connectivity index (χ0v) is 14.0. The molecule has 4 nitrogen and oxygen atoms in total. The second-order valence-electron chi connectivity index (χ2n) is 6.12. The maximum absolute atomic E-state index is 11.2. The van der Waals surface area contributed by atoms with E-state index in [1.54, 1.807) is 6.92 Å². The van der Waals surface area contributed by atoms with Crippen molar-refractivity contribution in [1.29, 1.82) is 0 Å². The maximum atomic E-state index is 11.2. The van der Waals surface area contributed by atoms with Crippen LogP contribution in [0.25, 0.3) is 0 Å². The highest BCUT2D eigenvalue weighted by Crippen LogP contribution is 2.49. The minimum atomic E-state index is -0.779. The Kier molecular flexibility index (Phi) is 3.64. The Balaban J connectivity index is 2.12. The molecular formula is C16H19BrO4. The molecule has 3 rings (SSSR count). The van der Waals surface area contributed by atoms with Crippen molar-refractivity contribution in [2.75, 3.05) is 0 Å². The summed E-state index contributed by atoms with van der Waals surface area (Å²) in [5, 5.41) is 9.22. The molecule has 0 fully saturated rings. The van der Waals surface area contributed by atoms with Crippen LogP contribution in [0.3, 0.4) is 0 Å². The molecule has 0 bridgehead atoms. The van der Waals surface area contributed by atoms with Gasteiger partial charge in [-0.15, -0.1) is 0 Å². The second-order valence-corrected chi connectivity index (χ2v) is 6.91. The third kappa shape index (κ3) is 2.41. The zero-order chi connectivity index (χ0) is 15.3. The third-order valence-corrected chi connectivity index (χ3v) is 5.04. The van der Waals surface area contributed by atoms with E-state index in [-0.39, 0.29) is 12.2 Å². The van der Waals surface area contributed by atoms with E-state index in [4.69, 9.17) is 9.47 Å². The molecule has 3 unspecified atom stereocenters. The number of rotatable bonds is 3. The first-order valence-electron chi connectivity index (χ1n) is 7.30. The summed E-state index contributed by atoms with van der Waals surface area (Å²) in [6, 6.07) is 0. The quantitative estimate of drug-likeness (QED) is 0.903. The Morgan fingerprint density at radius 3 is 2.43 bits per heavy atom. The van der Waals surface area contributed by atoms with Crippen molar-refractivity contribution < 1.29 is 19.4 Å². The van der Waals surface area contributed by atoms with Gasteiger partial charge in [0.2, 0.25) is 0 Å². The lowest BCUT2D eigenvalue weighted by atomic mass is 9.91. The topological polar surface area (TPSA) is 55.8 Å². The average Bonchev–Trinajstić information content (AvgIpc) is 2.97. The molecule has 2 aliphatic rings. The molecule has 0 radical (unpaired) electrons. The van der Waals surface area contributed by atoms with Crippen molar-refractivity contribution >= 4 is 21.9 Å². The summed E-state index contributed by atoms with van der Waals surface area (Å²) >= 11 is 3.65. The Morgan fingerprint density at radius 1 is 1.24 bits per heavy atom. The molecule has 0 saturated heterocycles. The van der Waals surface area contributed by atoms with Gasteiger partial charge in [-0.05, 0) is 36.2 Å². The highest BCUT2D eigenvalue weighted by atomic mass is 79.9. The van der Waals surface area contributed by atoms with Crippen LogP contribution in [0.1, 0.15) is 37.5 Å². The van der Waals surface area contributed by atoms with Gasteiger partial charge in [0.15, 0.2) is 0 Å². The first-order chi connectivity index (χ1) is 9.88. The van der Waals surface area contributed by atoms with Crippen LogP contribution in [-0.4, -0.2) is 23.3 Å². The Hall–Kier alpha value is -1.23. The summed E-state index contributed by atoms with van der Waals surface area (Å²) in [5.74, 6) is 0.540. The van der Waals surface area contributed by atoms with Gasteiger partial charge in [-0.1, -0.05) is 6.92 Å². The van der Waals surface area contributed by atoms with Crippen LogP contribution in [-0.2, 0) is 24.1 Å². The largest absolute Gasteiger partial charge is 0.490 e. The Bertz CT molecular complexity index is 572. The number of carboxylic acid groups (broad SMARTS) is 1. The molecule has 1 aromatic carbocycles. The van der Waals surface area contributed by atoms with Gasteiger partial charge in [-0.2, -0.15) is 0 Å². The summed E-state index contributed by atoms with van der Waals surface area (Å²) < 4.78 is 12.9. The SMILES string of the molecule is CC1Cc2c(CC(C)C(=O)O)c3c(c(Br)c2O1)CC(C)O3.